The number of benzene rings is 1. The molecule has 3 N–H and O–H groups in total. The molecule has 0 amide bonds. The number of hydrogen-bond donors (Lipinski definition) is 3. The number of carboxylic acids is 1. The van der Waals surface area contributed by atoms with Gasteiger partial charge in [-0.1, -0.05) is 12.1 Å². The summed E-state index contributed by atoms with van der Waals surface area (Å²) >= 11 is 0. The first-order valence-electron chi connectivity index (χ1n) is 5.89. The minimum Gasteiger partial charge on any atom is -0.481 e. The van der Waals surface area contributed by atoms with Gasteiger partial charge in [0.25, 0.3) is 0 Å². The lowest BCUT2D eigenvalue weighted by molar-refractivity contribution is -0.138. The van der Waals surface area contributed by atoms with Crippen molar-refractivity contribution in [2.24, 2.45) is 0 Å². The Kier molecular flexibility index (Phi) is 5.61. The Bertz CT molecular complexity index is 371. The van der Waals surface area contributed by atoms with Gasteiger partial charge in [-0.05, 0) is 24.6 Å². The summed E-state index contributed by atoms with van der Waals surface area (Å²) < 4.78 is 0. The lowest BCUT2D eigenvalue weighted by Crippen LogP contribution is -2.29. The monoisotopic (exact) mass is 253 g/mol. The molecule has 1 aromatic carbocycles. The molecule has 0 heterocycles. The van der Waals surface area contributed by atoms with E-state index in [4.69, 9.17) is 15.3 Å². The van der Waals surface area contributed by atoms with E-state index in [-0.39, 0.29) is 13.2 Å². The highest BCUT2D eigenvalue weighted by Gasteiger charge is 2.13. The van der Waals surface area contributed by atoms with Crippen LogP contribution < -0.4 is 4.90 Å². The molecule has 18 heavy (non-hydrogen) atoms. The number of anilines is 1. The second kappa shape index (κ2) is 6.98. The van der Waals surface area contributed by atoms with Gasteiger partial charge in [0.1, 0.15) is 0 Å². The molecule has 0 radical (unpaired) electrons. The highest BCUT2D eigenvalue weighted by molar-refractivity contribution is 5.75. The third-order valence-corrected chi connectivity index (χ3v) is 2.87. The van der Waals surface area contributed by atoms with Crippen LogP contribution in [0.5, 0.6) is 0 Å². The summed E-state index contributed by atoms with van der Waals surface area (Å²) in [6.07, 6.45) is 0. The van der Waals surface area contributed by atoms with Gasteiger partial charge in [-0.15, -0.1) is 0 Å². The van der Waals surface area contributed by atoms with Crippen molar-refractivity contribution >= 4 is 11.7 Å². The highest BCUT2D eigenvalue weighted by Crippen LogP contribution is 2.20. The Morgan fingerprint density at radius 2 is 1.67 bits per heavy atom. The van der Waals surface area contributed by atoms with Gasteiger partial charge in [-0.25, -0.2) is 0 Å². The van der Waals surface area contributed by atoms with Gasteiger partial charge < -0.3 is 20.2 Å². The van der Waals surface area contributed by atoms with Gasteiger partial charge in [0.15, 0.2) is 0 Å². The number of nitrogens with zero attached hydrogens (tertiary/aromatic N) is 1. The molecule has 0 aliphatic carbocycles. The van der Waals surface area contributed by atoms with Crippen LogP contribution in [0.1, 0.15) is 18.4 Å². The predicted octanol–water partition coefficient (Wildman–Crippen LogP) is 0.666. The van der Waals surface area contributed by atoms with Gasteiger partial charge in [0.05, 0.1) is 19.1 Å². The largest absolute Gasteiger partial charge is 0.481 e. The first-order valence-corrected chi connectivity index (χ1v) is 5.89. The van der Waals surface area contributed by atoms with Crippen molar-refractivity contribution in [3.05, 3.63) is 29.8 Å². The lowest BCUT2D eigenvalue weighted by atomic mass is 10.0. The zero-order valence-electron chi connectivity index (χ0n) is 10.4. The van der Waals surface area contributed by atoms with Crippen molar-refractivity contribution in [1.29, 1.82) is 0 Å². The van der Waals surface area contributed by atoms with Crippen LogP contribution in [0.15, 0.2) is 24.3 Å². The molecule has 0 aromatic heterocycles. The van der Waals surface area contributed by atoms with E-state index < -0.39 is 11.9 Å². The molecule has 5 nitrogen and oxygen atoms in total. The Labute approximate surface area is 106 Å². The molecule has 1 atom stereocenters. The zero-order valence-corrected chi connectivity index (χ0v) is 10.4. The molecule has 0 saturated carbocycles. The van der Waals surface area contributed by atoms with E-state index in [0.717, 1.165) is 11.3 Å². The van der Waals surface area contributed by atoms with E-state index in [1.165, 1.54) is 0 Å². The number of rotatable bonds is 7. The average molecular weight is 253 g/mol. The fourth-order valence-electron chi connectivity index (χ4n) is 1.73. The number of aliphatic hydroxyl groups is 2. The van der Waals surface area contributed by atoms with E-state index in [1.54, 1.807) is 31.2 Å². The summed E-state index contributed by atoms with van der Waals surface area (Å²) in [7, 11) is 0. The summed E-state index contributed by atoms with van der Waals surface area (Å²) in [5.74, 6) is -1.39. The average Bonchev–Trinajstić information content (AvgIpc) is 2.38. The van der Waals surface area contributed by atoms with Crippen molar-refractivity contribution < 1.29 is 20.1 Å². The Morgan fingerprint density at radius 3 is 2.06 bits per heavy atom. The molecule has 1 rings (SSSR count). The second-order valence-electron chi connectivity index (χ2n) is 4.09. The van der Waals surface area contributed by atoms with Gasteiger partial charge in [-0.3, -0.25) is 4.79 Å². The molecule has 0 bridgehead atoms. The molecule has 0 saturated heterocycles. The molecule has 0 fully saturated rings. The fourth-order valence-corrected chi connectivity index (χ4v) is 1.73. The molecular formula is C13H19NO4. The molecule has 0 aliphatic heterocycles. The standard InChI is InChI=1S/C13H19NO4/c1-10(13(17)18)11-2-4-12(5-3-11)14(6-8-15)7-9-16/h2-5,10,15-16H,6-9H2,1H3,(H,17,18). The maximum Gasteiger partial charge on any atom is 0.310 e. The molecule has 0 aliphatic rings. The SMILES string of the molecule is CC(C(=O)O)c1ccc(N(CCO)CCO)cc1. The lowest BCUT2D eigenvalue weighted by Gasteiger charge is -2.23. The van der Waals surface area contributed by atoms with Crippen molar-refractivity contribution in [2.45, 2.75) is 12.8 Å². The first-order chi connectivity index (χ1) is 8.60. The maximum absolute atomic E-state index is 10.8. The van der Waals surface area contributed by atoms with E-state index in [2.05, 4.69) is 0 Å². The normalized spacial score (nSPS) is 12.2. The quantitative estimate of drug-likeness (QED) is 0.665. The summed E-state index contributed by atoms with van der Waals surface area (Å²) in [4.78, 5) is 12.7. The van der Waals surface area contributed by atoms with Crippen LogP contribution >= 0.6 is 0 Å². The Hall–Kier alpha value is -1.59. The van der Waals surface area contributed by atoms with E-state index in [0.29, 0.717) is 13.1 Å². The number of aliphatic carboxylic acids is 1. The number of carbonyl (C=O) groups is 1. The third kappa shape index (κ3) is 3.72. The predicted molar refractivity (Wildman–Crippen MR) is 68.9 cm³/mol. The minimum atomic E-state index is -0.856. The smallest absolute Gasteiger partial charge is 0.310 e. The first kappa shape index (κ1) is 14.5. The topological polar surface area (TPSA) is 81.0 Å². The minimum absolute atomic E-state index is 0.00722. The maximum atomic E-state index is 10.8. The summed E-state index contributed by atoms with van der Waals surface area (Å²) in [5.41, 5.74) is 1.60. The van der Waals surface area contributed by atoms with Crippen LogP contribution in [-0.2, 0) is 4.79 Å². The fraction of sp³-hybridized carbons (Fsp3) is 0.462. The summed E-state index contributed by atoms with van der Waals surface area (Å²) in [6.45, 7) is 2.53. The molecular weight excluding hydrogens is 234 g/mol. The van der Waals surface area contributed by atoms with Crippen LogP contribution in [0.4, 0.5) is 5.69 Å². The number of hydrogen-bond acceptors (Lipinski definition) is 4. The van der Waals surface area contributed by atoms with Gasteiger partial charge in [-0.2, -0.15) is 0 Å². The summed E-state index contributed by atoms with van der Waals surface area (Å²) in [6, 6.07) is 7.13. The third-order valence-electron chi connectivity index (χ3n) is 2.87. The number of aliphatic hydroxyl groups excluding tert-OH is 2. The Morgan fingerprint density at radius 1 is 1.17 bits per heavy atom. The van der Waals surface area contributed by atoms with Crippen molar-refractivity contribution in [2.75, 3.05) is 31.2 Å². The van der Waals surface area contributed by atoms with Crippen LogP contribution in [0.3, 0.4) is 0 Å². The zero-order chi connectivity index (χ0) is 13.5. The van der Waals surface area contributed by atoms with Crippen LogP contribution in [0.2, 0.25) is 0 Å². The number of carboxylic acid groups (broad SMARTS) is 1. The van der Waals surface area contributed by atoms with Crippen molar-refractivity contribution in [3.8, 4) is 0 Å². The highest BCUT2D eigenvalue weighted by atomic mass is 16.4. The molecule has 100 valence electrons. The van der Waals surface area contributed by atoms with Crippen molar-refractivity contribution in [1.82, 2.24) is 0 Å². The molecule has 5 heteroatoms. The van der Waals surface area contributed by atoms with Crippen molar-refractivity contribution in [3.63, 3.8) is 0 Å². The molecule has 1 aromatic rings. The van der Waals surface area contributed by atoms with E-state index in [1.807, 2.05) is 4.90 Å². The van der Waals surface area contributed by atoms with Crippen LogP contribution in [-0.4, -0.2) is 47.6 Å². The van der Waals surface area contributed by atoms with Gasteiger partial charge >= 0.3 is 5.97 Å². The van der Waals surface area contributed by atoms with E-state index >= 15 is 0 Å². The molecule has 0 spiro atoms. The van der Waals surface area contributed by atoms with Gasteiger partial charge in [0, 0.05) is 18.8 Å². The second-order valence-corrected chi connectivity index (χ2v) is 4.09. The van der Waals surface area contributed by atoms with Crippen LogP contribution in [0.25, 0.3) is 0 Å². The summed E-state index contributed by atoms with van der Waals surface area (Å²) in [5, 5.41) is 26.8. The van der Waals surface area contributed by atoms with Gasteiger partial charge in [0.2, 0.25) is 0 Å². The van der Waals surface area contributed by atoms with Crippen LogP contribution in [0, 0.1) is 0 Å². The van der Waals surface area contributed by atoms with E-state index in [9.17, 15) is 4.79 Å². The Balaban J connectivity index is 2.82. The molecule has 1 unspecified atom stereocenters.